The molecule has 1 saturated heterocycles. The van der Waals surface area contributed by atoms with Crippen LogP contribution in [-0.2, 0) is 20.9 Å². The van der Waals surface area contributed by atoms with E-state index in [1.54, 1.807) is 50.2 Å². The first kappa shape index (κ1) is 32.0. The molecule has 0 saturated carbocycles. The maximum absolute atomic E-state index is 13.8. The zero-order valence-corrected chi connectivity index (χ0v) is 26.6. The molecule has 10 nitrogen and oxygen atoms in total. The lowest BCUT2D eigenvalue weighted by Crippen LogP contribution is -2.29. The van der Waals surface area contributed by atoms with Gasteiger partial charge in [-0.3, -0.25) is 14.5 Å². The van der Waals surface area contributed by atoms with E-state index < -0.39 is 23.7 Å². The van der Waals surface area contributed by atoms with Crippen molar-refractivity contribution in [3.63, 3.8) is 0 Å². The predicted octanol–water partition coefficient (Wildman–Crippen LogP) is 6.33. The van der Waals surface area contributed by atoms with Crippen LogP contribution in [-0.4, -0.2) is 48.6 Å². The molecule has 1 aliphatic heterocycles. The summed E-state index contributed by atoms with van der Waals surface area (Å²) in [4.78, 5) is 46.0. The Morgan fingerprint density at radius 3 is 2.43 bits per heavy atom. The first-order valence-corrected chi connectivity index (χ1v) is 15.1. The number of hydrogen-bond acceptors (Lipinski definition) is 10. The van der Waals surface area contributed by atoms with Gasteiger partial charge in [0.15, 0.2) is 16.6 Å². The minimum Gasteiger partial charge on any atom is -0.507 e. The predicted molar refractivity (Wildman–Crippen MR) is 174 cm³/mol. The standard InChI is InChI=1S/C35H32N2O8S/c1-6-16-44-34(41)32-21(3)36-35(46-32)37-29(23-12-15-26(42-4)27(18-23)43-5)28(31(39)33(37)40)30(38)25-14-13-24(17-20(25)2)45-19-22-10-8-7-9-11-22/h6-15,17-18,29,38H,1,16,19H2,2-5H3/b30-28+/t29-/m1/s1. The summed E-state index contributed by atoms with van der Waals surface area (Å²) in [5.74, 6) is -1.47. The number of ether oxygens (including phenoxy) is 4. The van der Waals surface area contributed by atoms with Crippen LogP contribution in [0, 0.1) is 13.8 Å². The summed E-state index contributed by atoms with van der Waals surface area (Å²) in [5.41, 5.74) is 2.59. The Balaban J connectivity index is 1.60. The number of hydrogen-bond donors (Lipinski definition) is 1. The lowest BCUT2D eigenvalue weighted by atomic mass is 9.93. The van der Waals surface area contributed by atoms with Crippen LogP contribution < -0.4 is 19.1 Å². The lowest BCUT2D eigenvalue weighted by Gasteiger charge is -2.24. The third-order valence-electron chi connectivity index (χ3n) is 7.38. The Morgan fingerprint density at radius 2 is 1.76 bits per heavy atom. The largest absolute Gasteiger partial charge is 0.507 e. The molecule has 0 spiro atoms. The van der Waals surface area contributed by atoms with Gasteiger partial charge < -0.3 is 24.1 Å². The second kappa shape index (κ2) is 13.7. The van der Waals surface area contributed by atoms with Gasteiger partial charge in [-0.15, -0.1) is 0 Å². The van der Waals surface area contributed by atoms with Crippen LogP contribution in [0.5, 0.6) is 17.2 Å². The molecule has 0 aliphatic carbocycles. The van der Waals surface area contributed by atoms with Crippen molar-refractivity contribution in [2.24, 2.45) is 0 Å². The van der Waals surface area contributed by atoms with Crippen LogP contribution in [0.2, 0.25) is 0 Å². The number of ketones is 1. The van der Waals surface area contributed by atoms with Gasteiger partial charge in [0.1, 0.15) is 29.6 Å². The average molecular weight is 641 g/mol. The van der Waals surface area contributed by atoms with Gasteiger partial charge in [0.05, 0.1) is 31.5 Å². The minimum atomic E-state index is -1.11. The molecule has 1 aliphatic rings. The maximum Gasteiger partial charge on any atom is 0.350 e. The van der Waals surface area contributed by atoms with E-state index in [4.69, 9.17) is 18.9 Å². The molecule has 0 unspecified atom stereocenters. The van der Waals surface area contributed by atoms with Crippen molar-refractivity contribution in [3.05, 3.63) is 118 Å². The van der Waals surface area contributed by atoms with E-state index in [2.05, 4.69) is 11.6 Å². The topological polar surface area (TPSA) is 124 Å². The van der Waals surface area contributed by atoms with Crippen LogP contribution in [0.1, 0.15) is 43.7 Å². The van der Waals surface area contributed by atoms with Gasteiger partial charge in [0.25, 0.3) is 5.78 Å². The van der Waals surface area contributed by atoms with Crippen molar-refractivity contribution in [2.75, 3.05) is 25.7 Å². The van der Waals surface area contributed by atoms with E-state index >= 15 is 0 Å². The van der Waals surface area contributed by atoms with E-state index in [1.807, 2.05) is 30.3 Å². The zero-order valence-electron chi connectivity index (χ0n) is 25.7. The van der Waals surface area contributed by atoms with Crippen LogP contribution >= 0.6 is 11.3 Å². The van der Waals surface area contributed by atoms with Crippen LogP contribution in [0.4, 0.5) is 5.13 Å². The molecule has 5 rings (SSSR count). The first-order valence-electron chi connectivity index (χ1n) is 14.2. The van der Waals surface area contributed by atoms with Crippen molar-refractivity contribution in [1.82, 2.24) is 4.98 Å². The fourth-order valence-electron chi connectivity index (χ4n) is 5.12. The van der Waals surface area contributed by atoms with Gasteiger partial charge in [-0.2, -0.15) is 0 Å². The summed E-state index contributed by atoms with van der Waals surface area (Å²) in [6, 6.07) is 18.6. The number of aliphatic hydroxyl groups is 1. The number of Topliss-reactive ketones (excluding diaryl/α,β-unsaturated/α-hetero) is 1. The number of rotatable bonds is 11. The Labute approximate surface area is 270 Å². The number of carbonyl (C=O) groups excluding carboxylic acids is 3. The molecule has 3 aromatic carbocycles. The van der Waals surface area contributed by atoms with Crippen LogP contribution in [0.15, 0.2) is 85.0 Å². The molecule has 4 aromatic rings. The van der Waals surface area contributed by atoms with E-state index in [1.165, 1.54) is 25.2 Å². The summed E-state index contributed by atoms with van der Waals surface area (Å²) < 4.78 is 22.0. The Hall–Kier alpha value is -5.42. The highest BCUT2D eigenvalue weighted by molar-refractivity contribution is 7.17. The molecule has 1 fully saturated rings. The maximum atomic E-state index is 13.8. The smallest absolute Gasteiger partial charge is 0.350 e. The number of aryl methyl sites for hydroxylation is 2. The summed E-state index contributed by atoms with van der Waals surface area (Å²) in [6.07, 6.45) is 1.44. The van der Waals surface area contributed by atoms with Gasteiger partial charge in [-0.05, 0) is 60.9 Å². The fraction of sp³-hybridized carbons (Fsp3) is 0.200. The molecule has 236 valence electrons. The number of aromatic nitrogens is 1. The number of nitrogens with zero attached hydrogens (tertiary/aromatic N) is 2. The van der Waals surface area contributed by atoms with Gasteiger partial charge in [0, 0.05) is 5.56 Å². The number of anilines is 1. The quantitative estimate of drug-likeness (QED) is 0.0659. The number of benzene rings is 3. The molecule has 1 N–H and O–H groups in total. The second-order valence-electron chi connectivity index (χ2n) is 10.3. The molecule has 11 heteroatoms. The molecule has 1 amide bonds. The highest BCUT2D eigenvalue weighted by Gasteiger charge is 2.49. The van der Waals surface area contributed by atoms with E-state index in [0.717, 1.165) is 16.9 Å². The van der Waals surface area contributed by atoms with Gasteiger partial charge in [0.2, 0.25) is 0 Å². The van der Waals surface area contributed by atoms with Crippen LogP contribution in [0.3, 0.4) is 0 Å². The Morgan fingerprint density at radius 1 is 1.02 bits per heavy atom. The summed E-state index contributed by atoms with van der Waals surface area (Å²) >= 11 is 0.912. The van der Waals surface area contributed by atoms with Crippen molar-refractivity contribution in [3.8, 4) is 17.2 Å². The molecule has 46 heavy (non-hydrogen) atoms. The van der Waals surface area contributed by atoms with Gasteiger partial charge >= 0.3 is 11.9 Å². The van der Waals surface area contributed by atoms with Crippen molar-refractivity contribution < 1.29 is 38.4 Å². The number of esters is 1. The van der Waals surface area contributed by atoms with Gasteiger partial charge in [-0.25, -0.2) is 9.78 Å². The summed E-state index contributed by atoms with van der Waals surface area (Å²) in [7, 11) is 2.96. The fourth-order valence-corrected chi connectivity index (χ4v) is 6.11. The van der Waals surface area contributed by atoms with Crippen LogP contribution in [0.25, 0.3) is 5.76 Å². The summed E-state index contributed by atoms with van der Waals surface area (Å²) in [6.45, 7) is 7.29. The Kier molecular flexibility index (Phi) is 9.53. The number of thiazole rings is 1. The molecule has 1 aromatic heterocycles. The molecule has 0 radical (unpaired) electrons. The normalized spacial score (nSPS) is 15.5. The molecular weight excluding hydrogens is 608 g/mol. The molecule has 1 atom stereocenters. The second-order valence-corrected chi connectivity index (χ2v) is 11.3. The van der Waals surface area contributed by atoms with Gasteiger partial charge in [-0.1, -0.05) is 60.4 Å². The highest BCUT2D eigenvalue weighted by atomic mass is 32.1. The van der Waals surface area contributed by atoms with Crippen molar-refractivity contribution >= 4 is 39.9 Å². The number of amides is 1. The number of methoxy groups -OCH3 is 2. The molecule has 0 bridgehead atoms. The van der Waals surface area contributed by atoms with Crippen molar-refractivity contribution in [1.29, 1.82) is 0 Å². The lowest BCUT2D eigenvalue weighted by molar-refractivity contribution is -0.132. The van der Waals surface area contributed by atoms with E-state index in [9.17, 15) is 19.5 Å². The SMILES string of the molecule is C=CCOC(=O)c1sc(N2C(=O)C(=O)/C(=C(/O)c3ccc(OCc4ccccc4)cc3C)[C@H]2c2ccc(OC)c(OC)c2)nc1C. The zero-order chi connectivity index (χ0) is 33.0. The Bertz CT molecular complexity index is 1850. The highest BCUT2D eigenvalue weighted by Crippen LogP contribution is 2.46. The molecular formula is C35H32N2O8S. The van der Waals surface area contributed by atoms with Crippen molar-refractivity contribution in [2.45, 2.75) is 26.5 Å². The monoisotopic (exact) mass is 640 g/mol. The third-order valence-corrected chi connectivity index (χ3v) is 8.51. The molecule has 2 heterocycles. The number of aliphatic hydroxyl groups excluding tert-OH is 1. The average Bonchev–Trinajstić information content (AvgIpc) is 3.58. The summed E-state index contributed by atoms with van der Waals surface area (Å²) in [5, 5.41) is 11.8. The minimum absolute atomic E-state index is 0.00288. The van der Waals surface area contributed by atoms with E-state index in [-0.39, 0.29) is 27.9 Å². The first-order chi connectivity index (χ1) is 22.2. The van der Waals surface area contributed by atoms with E-state index in [0.29, 0.717) is 46.2 Å². The third kappa shape index (κ3) is 6.22. The number of carbonyl (C=O) groups is 3.